The zero-order valence-electron chi connectivity index (χ0n) is 9.65. The van der Waals surface area contributed by atoms with Gasteiger partial charge < -0.3 is 19.8 Å². The van der Waals surface area contributed by atoms with Gasteiger partial charge in [-0.25, -0.2) is 9.97 Å². The van der Waals surface area contributed by atoms with Crippen molar-refractivity contribution in [3.05, 3.63) is 23.0 Å². The van der Waals surface area contributed by atoms with E-state index in [1.54, 1.807) is 6.33 Å². The van der Waals surface area contributed by atoms with Crippen molar-refractivity contribution < 1.29 is 10.2 Å². The number of nitrogens with zero attached hydrogens (tertiary/aromatic N) is 3. The number of imidazole rings is 1. The van der Waals surface area contributed by atoms with E-state index in [2.05, 4.69) is 15.0 Å². The maximum absolute atomic E-state index is 11.5. The van der Waals surface area contributed by atoms with Gasteiger partial charge in [0.1, 0.15) is 0 Å². The number of aliphatic hydroxyl groups is 2. The first kappa shape index (κ1) is 11.4. The molecule has 0 aromatic carbocycles. The third-order valence-electron chi connectivity index (χ3n) is 3.63. The average molecular weight is 250 g/mol. The largest absolute Gasteiger partial charge is 0.396 e. The molecule has 3 atom stereocenters. The first-order valence-electron chi connectivity index (χ1n) is 5.90. The van der Waals surface area contributed by atoms with E-state index in [0.29, 0.717) is 24.0 Å². The summed E-state index contributed by atoms with van der Waals surface area (Å²) >= 11 is 0. The minimum atomic E-state index is -0.514. The van der Waals surface area contributed by atoms with Gasteiger partial charge in [0, 0.05) is 18.6 Å². The van der Waals surface area contributed by atoms with Crippen molar-refractivity contribution >= 4 is 11.2 Å². The lowest BCUT2D eigenvalue weighted by Crippen LogP contribution is -2.16. The number of hydrogen-bond acceptors (Lipinski definition) is 5. The van der Waals surface area contributed by atoms with Crippen molar-refractivity contribution in [2.75, 3.05) is 6.61 Å². The Hall–Kier alpha value is -1.73. The van der Waals surface area contributed by atoms with Crippen molar-refractivity contribution in [3.63, 3.8) is 0 Å². The molecule has 2 heterocycles. The number of aromatic nitrogens is 4. The highest BCUT2D eigenvalue weighted by molar-refractivity contribution is 5.68. The van der Waals surface area contributed by atoms with Gasteiger partial charge in [-0.1, -0.05) is 0 Å². The van der Waals surface area contributed by atoms with Crippen LogP contribution in [0.2, 0.25) is 0 Å². The average Bonchev–Trinajstić information content (AvgIpc) is 2.93. The zero-order chi connectivity index (χ0) is 12.7. The summed E-state index contributed by atoms with van der Waals surface area (Å²) in [6.07, 6.45) is 3.62. The van der Waals surface area contributed by atoms with E-state index in [0.717, 1.165) is 0 Å². The van der Waals surface area contributed by atoms with Crippen molar-refractivity contribution in [1.82, 2.24) is 19.5 Å². The summed E-state index contributed by atoms with van der Waals surface area (Å²) in [4.78, 5) is 22.2. The molecule has 18 heavy (non-hydrogen) atoms. The summed E-state index contributed by atoms with van der Waals surface area (Å²) < 4.78 is 1.81. The molecule has 0 aliphatic heterocycles. The summed E-state index contributed by atoms with van der Waals surface area (Å²) in [5, 5.41) is 19.0. The molecule has 3 rings (SSSR count). The Morgan fingerprint density at radius 2 is 2.28 bits per heavy atom. The Labute approximate surface area is 102 Å². The SMILES string of the molecule is O=c1[nH]cnc2c1ncn2[C@@H]1C[C@H](CO)[C@@H](O)C1. The molecule has 1 aliphatic carbocycles. The Kier molecular flexibility index (Phi) is 2.64. The Morgan fingerprint density at radius 1 is 1.44 bits per heavy atom. The molecule has 2 aromatic rings. The zero-order valence-corrected chi connectivity index (χ0v) is 9.65. The van der Waals surface area contributed by atoms with E-state index in [-0.39, 0.29) is 24.1 Å². The van der Waals surface area contributed by atoms with E-state index < -0.39 is 6.10 Å². The lowest BCUT2D eigenvalue weighted by molar-refractivity contribution is 0.0906. The maximum Gasteiger partial charge on any atom is 0.278 e. The number of nitrogens with one attached hydrogen (secondary N) is 1. The van der Waals surface area contributed by atoms with Crippen LogP contribution in [0.4, 0.5) is 0 Å². The van der Waals surface area contributed by atoms with Crippen LogP contribution in [0.1, 0.15) is 18.9 Å². The molecule has 2 aromatic heterocycles. The predicted octanol–water partition coefficient (Wildman–Crippen LogP) is -0.576. The minimum Gasteiger partial charge on any atom is -0.396 e. The number of H-pyrrole nitrogens is 1. The molecule has 1 saturated carbocycles. The summed E-state index contributed by atoms with van der Waals surface area (Å²) in [5.41, 5.74) is 0.560. The number of fused-ring (bicyclic) bond motifs is 1. The van der Waals surface area contributed by atoms with E-state index in [1.807, 2.05) is 4.57 Å². The predicted molar refractivity (Wildman–Crippen MR) is 63.0 cm³/mol. The van der Waals surface area contributed by atoms with Gasteiger partial charge in [-0.3, -0.25) is 4.79 Å². The van der Waals surface area contributed by atoms with Crippen molar-refractivity contribution in [1.29, 1.82) is 0 Å². The van der Waals surface area contributed by atoms with Crippen molar-refractivity contribution in [3.8, 4) is 0 Å². The van der Waals surface area contributed by atoms with Crippen LogP contribution < -0.4 is 5.56 Å². The fourth-order valence-corrected chi connectivity index (χ4v) is 2.63. The van der Waals surface area contributed by atoms with E-state index >= 15 is 0 Å². The lowest BCUT2D eigenvalue weighted by atomic mass is 10.1. The number of hydrogen-bond donors (Lipinski definition) is 3. The smallest absolute Gasteiger partial charge is 0.278 e. The third kappa shape index (κ3) is 1.63. The second-order valence-corrected chi connectivity index (χ2v) is 4.69. The fourth-order valence-electron chi connectivity index (χ4n) is 2.63. The van der Waals surface area contributed by atoms with E-state index in [9.17, 15) is 9.90 Å². The lowest BCUT2D eigenvalue weighted by Gasteiger charge is -2.11. The van der Waals surface area contributed by atoms with Crippen LogP contribution >= 0.6 is 0 Å². The molecule has 7 heteroatoms. The van der Waals surface area contributed by atoms with Crippen LogP contribution in [0.15, 0.2) is 17.4 Å². The maximum atomic E-state index is 11.5. The molecule has 0 unspecified atom stereocenters. The molecule has 7 nitrogen and oxygen atoms in total. The molecule has 0 amide bonds. The number of rotatable bonds is 2. The van der Waals surface area contributed by atoms with Gasteiger partial charge in [0.05, 0.1) is 18.8 Å². The van der Waals surface area contributed by atoms with Gasteiger partial charge in [-0.15, -0.1) is 0 Å². The van der Waals surface area contributed by atoms with Crippen molar-refractivity contribution in [2.45, 2.75) is 25.0 Å². The van der Waals surface area contributed by atoms with Gasteiger partial charge in [0.2, 0.25) is 0 Å². The molecule has 1 aliphatic rings. The minimum absolute atomic E-state index is 0.0245. The van der Waals surface area contributed by atoms with Crippen LogP contribution in [0.25, 0.3) is 11.2 Å². The van der Waals surface area contributed by atoms with Crippen LogP contribution in [0, 0.1) is 5.92 Å². The Balaban J connectivity index is 2.01. The first-order valence-corrected chi connectivity index (χ1v) is 5.90. The molecular formula is C11H14N4O3. The molecule has 96 valence electrons. The molecule has 0 saturated heterocycles. The molecular weight excluding hydrogens is 236 g/mol. The second-order valence-electron chi connectivity index (χ2n) is 4.69. The van der Waals surface area contributed by atoms with Gasteiger partial charge in [0.25, 0.3) is 5.56 Å². The van der Waals surface area contributed by atoms with Gasteiger partial charge in [0.15, 0.2) is 11.2 Å². The van der Waals surface area contributed by atoms with Crippen molar-refractivity contribution in [2.24, 2.45) is 5.92 Å². The highest BCUT2D eigenvalue weighted by Gasteiger charge is 2.34. The highest BCUT2D eigenvalue weighted by Crippen LogP contribution is 2.35. The molecule has 0 radical (unpaired) electrons. The summed E-state index contributed by atoms with van der Waals surface area (Å²) in [5.74, 6) is -0.116. The quantitative estimate of drug-likeness (QED) is 0.661. The second kappa shape index (κ2) is 4.18. The summed E-state index contributed by atoms with van der Waals surface area (Å²) in [7, 11) is 0. The molecule has 0 spiro atoms. The fraction of sp³-hybridized carbons (Fsp3) is 0.545. The van der Waals surface area contributed by atoms with Crippen LogP contribution in [-0.4, -0.2) is 42.4 Å². The summed E-state index contributed by atoms with van der Waals surface area (Å²) in [6.45, 7) is -0.0295. The van der Waals surface area contributed by atoms with Gasteiger partial charge in [-0.05, 0) is 12.8 Å². The van der Waals surface area contributed by atoms with Crippen LogP contribution in [0.5, 0.6) is 0 Å². The van der Waals surface area contributed by atoms with Gasteiger partial charge >= 0.3 is 0 Å². The molecule has 0 bridgehead atoms. The molecule has 1 fully saturated rings. The third-order valence-corrected chi connectivity index (χ3v) is 3.63. The topological polar surface area (TPSA) is 104 Å². The Morgan fingerprint density at radius 3 is 3.00 bits per heavy atom. The summed E-state index contributed by atoms with van der Waals surface area (Å²) in [6, 6.07) is 0.0245. The highest BCUT2D eigenvalue weighted by atomic mass is 16.3. The van der Waals surface area contributed by atoms with E-state index in [4.69, 9.17) is 5.11 Å². The first-order chi connectivity index (χ1) is 8.70. The number of aromatic amines is 1. The standard InChI is InChI=1S/C11H14N4O3/c16-3-6-1-7(2-8(6)17)15-5-14-9-10(15)12-4-13-11(9)18/h4-8,16-17H,1-3H2,(H,12,13,18)/t6-,7-,8+/m1/s1. The van der Waals surface area contributed by atoms with Crippen LogP contribution in [-0.2, 0) is 0 Å². The number of aliphatic hydroxyl groups excluding tert-OH is 2. The monoisotopic (exact) mass is 250 g/mol. The Bertz CT molecular complexity index is 620. The van der Waals surface area contributed by atoms with E-state index in [1.165, 1.54) is 6.33 Å². The van der Waals surface area contributed by atoms with Gasteiger partial charge in [-0.2, -0.15) is 0 Å². The molecule has 3 N–H and O–H groups in total. The van der Waals surface area contributed by atoms with Crippen LogP contribution in [0.3, 0.4) is 0 Å². The normalized spacial score (nSPS) is 28.0.